The van der Waals surface area contributed by atoms with Crippen molar-refractivity contribution < 1.29 is 13.2 Å². The Kier molecular flexibility index (Phi) is 6.43. The van der Waals surface area contributed by atoms with Gasteiger partial charge in [0.2, 0.25) is 0 Å². The monoisotopic (exact) mass is 420 g/mol. The summed E-state index contributed by atoms with van der Waals surface area (Å²) in [4.78, 5) is 12.7. The van der Waals surface area contributed by atoms with E-state index in [9.17, 15) is 13.2 Å². The van der Waals surface area contributed by atoms with Gasteiger partial charge in [0.25, 0.3) is 5.91 Å². The second kappa shape index (κ2) is 8.64. The first-order valence-electron chi connectivity index (χ1n) is 9.47. The standard InChI is InChI=1S/C21H24N2O3S.ClH/c24-21(23-12-15-5-6-17-13-22-14-18(17)11-15)16-7-9-20(10-8-16)27(25,26)19-3-1-2-4-19;/h5-11,19,22H,1-4,12-14H2,(H,23,24);1H. The van der Waals surface area contributed by atoms with Crippen molar-refractivity contribution in [1.29, 1.82) is 0 Å². The fourth-order valence-electron chi connectivity index (χ4n) is 3.93. The Morgan fingerprint density at radius 3 is 2.39 bits per heavy atom. The molecule has 1 fully saturated rings. The van der Waals surface area contributed by atoms with Crippen molar-refractivity contribution >= 4 is 28.2 Å². The van der Waals surface area contributed by atoms with Gasteiger partial charge in [0, 0.05) is 25.2 Å². The lowest BCUT2D eigenvalue weighted by Gasteiger charge is -2.12. The molecule has 2 N–H and O–H groups in total. The van der Waals surface area contributed by atoms with Gasteiger partial charge < -0.3 is 10.6 Å². The second-order valence-corrected chi connectivity index (χ2v) is 9.59. The molecule has 0 atom stereocenters. The lowest BCUT2D eigenvalue weighted by Crippen LogP contribution is -2.23. The first kappa shape index (κ1) is 20.8. The quantitative estimate of drug-likeness (QED) is 0.777. The van der Waals surface area contributed by atoms with Crippen LogP contribution in [0, 0.1) is 0 Å². The first-order valence-corrected chi connectivity index (χ1v) is 11.0. The third-order valence-corrected chi connectivity index (χ3v) is 7.82. The van der Waals surface area contributed by atoms with E-state index in [1.807, 2.05) is 6.07 Å². The van der Waals surface area contributed by atoms with Crippen LogP contribution in [-0.4, -0.2) is 19.6 Å². The molecule has 1 aliphatic carbocycles. The van der Waals surface area contributed by atoms with Gasteiger partial charge in [-0.15, -0.1) is 12.4 Å². The van der Waals surface area contributed by atoms with Crippen LogP contribution >= 0.6 is 12.4 Å². The van der Waals surface area contributed by atoms with Crippen LogP contribution in [0.15, 0.2) is 47.4 Å². The number of hydrogen-bond donors (Lipinski definition) is 2. The molecule has 5 nitrogen and oxygen atoms in total. The van der Waals surface area contributed by atoms with E-state index in [2.05, 4.69) is 22.8 Å². The number of amides is 1. The van der Waals surface area contributed by atoms with Crippen molar-refractivity contribution in [3.05, 3.63) is 64.7 Å². The maximum absolute atomic E-state index is 12.6. The summed E-state index contributed by atoms with van der Waals surface area (Å²) in [6, 6.07) is 12.6. The van der Waals surface area contributed by atoms with E-state index < -0.39 is 9.84 Å². The van der Waals surface area contributed by atoms with Gasteiger partial charge in [-0.2, -0.15) is 0 Å². The minimum Gasteiger partial charge on any atom is -0.348 e. The third-order valence-electron chi connectivity index (χ3n) is 5.54. The maximum Gasteiger partial charge on any atom is 0.251 e. The lowest BCUT2D eigenvalue weighted by molar-refractivity contribution is 0.0951. The van der Waals surface area contributed by atoms with Gasteiger partial charge >= 0.3 is 0 Å². The van der Waals surface area contributed by atoms with Crippen molar-refractivity contribution in [3.63, 3.8) is 0 Å². The highest BCUT2D eigenvalue weighted by atomic mass is 35.5. The van der Waals surface area contributed by atoms with Gasteiger partial charge in [-0.3, -0.25) is 4.79 Å². The number of rotatable bonds is 5. The van der Waals surface area contributed by atoms with E-state index in [-0.39, 0.29) is 23.6 Å². The summed E-state index contributed by atoms with van der Waals surface area (Å²) in [6.07, 6.45) is 3.42. The van der Waals surface area contributed by atoms with Crippen LogP contribution in [0.4, 0.5) is 0 Å². The molecule has 7 heteroatoms. The number of benzene rings is 2. The molecular weight excluding hydrogens is 396 g/mol. The van der Waals surface area contributed by atoms with Crippen LogP contribution in [-0.2, 0) is 29.5 Å². The lowest BCUT2D eigenvalue weighted by atomic mass is 10.1. The van der Waals surface area contributed by atoms with Crippen molar-refractivity contribution in [3.8, 4) is 0 Å². The summed E-state index contributed by atoms with van der Waals surface area (Å²) in [5.74, 6) is -0.196. The van der Waals surface area contributed by atoms with Crippen LogP contribution in [0.25, 0.3) is 0 Å². The van der Waals surface area contributed by atoms with Crippen LogP contribution in [0.3, 0.4) is 0 Å². The van der Waals surface area contributed by atoms with E-state index in [0.29, 0.717) is 17.0 Å². The number of hydrogen-bond acceptors (Lipinski definition) is 4. The Hall–Kier alpha value is -1.89. The largest absolute Gasteiger partial charge is 0.348 e. The van der Waals surface area contributed by atoms with Crippen molar-refractivity contribution in [2.24, 2.45) is 0 Å². The number of sulfone groups is 1. The normalized spacial score (nSPS) is 16.4. The molecule has 2 aromatic carbocycles. The van der Waals surface area contributed by atoms with Gasteiger partial charge in [-0.25, -0.2) is 8.42 Å². The Morgan fingerprint density at radius 2 is 1.68 bits per heavy atom. The summed E-state index contributed by atoms with van der Waals surface area (Å²) in [6.45, 7) is 2.22. The molecule has 2 aromatic rings. The van der Waals surface area contributed by atoms with E-state index >= 15 is 0 Å². The molecule has 0 saturated heterocycles. The molecule has 1 aliphatic heterocycles. The highest BCUT2D eigenvalue weighted by molar-refractivity contribution is 7.92. The average molecular weight is 421 g/mol. The number of carbonyl (C=O) groups is 1. The fraction of sp³-hybridized carbons (Fsp3) is 0.381. The number of halogens is 1. The van der Waals surface area contributed by atoms with Gasteiger partial charge in [0.15, 0.2) is 9.84 Å². The molecule has 1 amide bonds. The molecule has 1 saturated carbocycles. The minimum atomic E-state index is -3.28. The summed E-state index contributed by atoms with van der Waals surface area (Å²) >= 11 is 0. The molecule has 4 rings (SSSR count). The molecule has 28 heavy (non-hydrogen) atoms. The van der Waals surface area contributed by atoms with Crippen molar-refractivity contribution in [2.75, 3.05) is 0 Å². The van der Waals surface area contributed by atoms with E-state index in [1.165, 1.54) is 11.1 Å². The highest BCUT2D eigenvalue weighted by Crippen LogP contribution is 2.29. The van der Waals surface area contributed by atoms with Crippen LogP contribution in [0.2, 0.25) is 0 Å². The Labute approximate surface area is 172 Å². The van der Waals surface area contributed by atoms with Gasteiger partial charge in [-0.05, 0) is 53.8 Å². The van der Waals surface area contributed by atoms with Gasteiger partial charge in [0.1, 0.15) is 0 Å². The fourth-order valence-corrected chi connectivity index (χ4v) is 5.78. The van der Waals surface area contributed by atoms with E-state index in [1.54, 1.807) is 24.3 Å². The van der Waals surface area contributed by atoms with Crippen molar-refractivity contribution in [2.45, 2.75) is 55.5 Å². The third kappa shape index (κ3) is 4.24. The van der Waals surface area contributed by atoms with E-state index in [4.69, 9.17) is 0 Å². The van der Waals surface area contributed by atoms with Crippen LogP contribution in [0.1, 0.15) is 52.7 Å². The predicted octanol–water partition coefficient (Wildman–Crippen LogP) is 3.36. The molecule has 0 radical (unpaired) electrons. The van der Waals surface area contributed by atoms with Crippen LogP contribution in [0.5, 0.6) is 0 Å². The molecule has 1 heterocycles. The topological polar surface area (TPSA) is 75.3 Å². The zero-order valence-corrected chi connectivity index (χ0v) is 17.2. The Balaban J connectivity index is 0.00000225. The summed E-state index contributed by atoms with van der Waals surface area (Å²) in [7, 11) is -3.28. The summed E-state index contributed by atoms with van der Waals surface area (Å²) < 4.78 is 25.2. The van der Waals surface area contributed by atoms with E-state index in [0.717, 1.165) is 44.3 Å². The highest BCUT2D eigenvalue weighted by Gasteiger charge is 2.30. The van der Waals surface area contributed by atoms with Crippen molar-refractivity contribution in [1.82, 2.24) is 10.6 Å². The van der Waals surface area contributed by atoms with Gasteiger partial charge in [0.05, 0.1) is 10.1 Å². The Morgan fingerprint density at radius 1 is 1.00 bits per heavy atom. The number of carbonyl (C=O) groups excluding carboxylic acids is 1. The summed E-state index contributed by atoms with van der Waals surface area (Å²) in [5.41, 5.74) is 4.13. The molecule has 0 spiro atoms. The smallest absolute Gasteiger partial charge is 0.251 e. The number of nitrogens with one attached hydrogen (secondary N) is 2. The Bertz CT molecular complexity index is 952. The van der Waals surface area contributed by atoms with Gasteiger partial charge in [-0.1, -0.05) is 31.0 Å². The molecule has 150 valence electrons. The zero-order valence-electron chi connectivity index (χ0n) is 15.6. The molecule has 2 aliphatic rings. The molecule has 0 bridgehead atoms. The number of fused-ring (bicyclic) bond motifs is 1. The molecule has 0 unspecified atom stereocenters. The summed E-state index contributed by atoms with van der Waals surface area (Å²) in [5, 5.41) is 5.95. The zero-order chi connectivity index (χ0) is 18.9. The SMILES string of the molecule is Cl.O=C(NCc1ccc2c(c1)CNC2)c1ccc(S(=O)(=O)C2CCCC2)cc1. The first-order chi connectivity index (χ1) is 13.0. The second-order valence-electron chi connectivity index (χ2n) is 7.37. The minimum absolute atomic E-state index is 0. The average Bonchev–Trinajstić information content (AvgIpc) is 3.37. The molecular formula is C21H25ClN2O3S. The van der Waals surface area contributed by atoms with Crippen LogP contribution < -0.4 is 10.6 Å². The molecule has 0 aromatic heterocycles. The maximum atomic E-state index is 12.6. The predicted molar refractivity (Wildman–Crippen MR) is 111 cm³/mol.